The molecule has 0 saturated carbocycles. The Morgan fingerprint density at radius 3 is 2.54 bits per heavy atom. The summed E-state index contributed by atoms with van der Waals surface area (Å²) in [5, 5.41) is 13.4. The van der Waals surface area contributed by atoms with E-state index in [1.807, 2.05) is 40.8 Å². The van der Waals surface area contributed by atoms with Crippen LogP contribution in [0, 0.1) is 20.8 Å². The average molecular weight is 331 g/mol. The lowest BCUT2D eigenvalue weighted by molar-refractivity contribution is 0.0954. The Morgan fingerprint density at radius 2 is 1.92 bits per heavy atom. The van der Waals surface area contributed by atoms with Crippen molar-refractivity contribution in [2.24, 2.45) is 7.05 Å². The van der Waals surface area contributed by atoms with Gasteiger partial charge in [-0.3, -0.25) is 9.48 Å². The number of nitrogens with one attached hydrogen (secondary N) is 3. The Bertz CT molecular complexity index is 723. The van der Waals surface area contributed by atoms with E-state index < -0.39 is 0 Å². The van der Waals surface area contributed by atoms with Crippen LogP contribution in [0.2, 0.25) is 0 Å². The van der Waals surface area contributed by atoms with Crippen molar-refractivity contribution in [2.75, 3.05) is 30.3 Å². The fourth-order valence-corrected chi connectivity index (χ4v) is 2.46. The molecular formula is C16H25N7O. The van der Waals surface area contributed by atoms with Gasteiger partial charge in [-0.05, 0) is 27.7 Å². The molecule has 0 aliphatic heterocycles. The Morgan fingerprint density at radius 1 is 1.17 bits per heavy atom. The van der Waals surface area contributed by atoms with E-state index in [0.29, 0.717) is 24.6 Å². The van der Waals surface area contributed by atoms with Crippen molar-refractivity contribution in [2.45, 2.75) is 27.7 Å². The molecule has 2 rings (SSSR count). The zero-order valence-electron chi connectivity index (χ0n) is 14.9. The maximum Gasteiger partial charge on any atom is 0.255 e. The van der Waals surface area contributed by atoms with E-state index >= 15 is 0 Å². The van der Waals surface area contributed by atoms with Gasteiger partial charge in [0.05, 0.1) is 11.3 Å². The van der Waals surface area contributed by atoms with E-state index in [4.69, 9.17) is 0 Å². The molecule has 0 atom stereocenters. The molecule has 8 nitrogen and oxygen atoms in total. The first-order valence-corrected chi connectivity index (χ1v) is 8.04. The molecule has 0 saturated heterocycles. The second-order valence-electron chi connectivity index (χ2n) is 5.60. The van der Waals surface area contributed by atoms with Crippen LogP contribution in [-0.2, 0) is 7.05 Å². The number of hydrogen-bond acceptors (Lipinski definition) is 6. The standard InChI is InChI=1S/C16H25N7O/c1-6-17-13-9-10(2)20-16(21-13)19-8-7-18-15(24)14-11(3)22-23(5)12(14)4/h9H,6-8H2,1-5H3,(H,18,24)(H2,17,19,20,21). The molecule has 2 heterocycles. The van der Waals surface area contributed by atoms with Crippen LogP contribution in [0.25, 0.3) is 0 Å². The first kappa shape index (κ1) is 17.7. The van der Waals surface area contributed by atoms with Crippen LogP contribution in [-0.4, -0.2) is 45.3 Å². The van der Waals surface area contributed by atoms with Crippen molar-refractivity contribution < 1.29 is 4.79 Å². The van der Waals surface area contributed by atoms with Gasteiger partial charge in [-0.15, -0.1) is 0 Å². The number of nitrogens with zero attached hydrogens (tertiary/aromatic N) is 4. The molecule has 2 aromatic rings. The SMILES string of the molecule is CCNc1cc(C)nc(NCCNC(=O)c2c(C)nn(C)c2C)n1. The van der Waals surface area contributed by atoms with Crippen LogP contribution >= 0.6 is 0 Å². The van der Waals surface area contributed by atoms with E-state index in [1.54, 1.807) is 4.68 Å². The molecule has 3 N–H and O–H groups in total. The van der Waals surface area contributed by atoms with E-state index in [0.717, 1.165) is 29.4 Å². The number of hydrogen-bond donors (Lipinski definition) is 3. The van der Waals surface area contributed by atoms with Crippen LogP contribution in [0.1, 0.15) is 34.4 Å². The zero-order valence-corrected chi connectivity index (χ0v) is 14.9. The maximum absolute atomic E-state index is 12.3. The fourth-order valence-electron chi connectivity index (χ4n) is 2.46. The molecule has 1 amide bonds. The number of amides is 1. The van der Waals surface area contributed by atoms with Crippen LogP contribution in [0.4, 0.5) is 11.8 Å². The number of rotatable bonds is 7. The van der Waals surface area contributed by atoms with Gasteiger partial charge in [0.1, 0.15) is 5.82 Å². The van der Waals surface area contributed by atoms with Crippen LogP contribution in [0.15, 0.2) is 6.07 Å². The van der Waals surface area contributed by atoms with Crippen molar-refractivity contribution in [3.63, 3.8) is 0 Å². The molecule has 24 heavy (non-hydrogen) atoms. The topological polar surface area (TPSA) is 96.8 Å². The molecule has 0 aliphatic rings. The minimum Gasteiger partial charge on any atom is -0.370 e. The first-order valence-electron chi connectivity index (χ1n) is 8.04. The summed E-state index contributed by atoms with van der Waals surface area (Å²) in [4.78, 5) is 21.0. The van der Waals surface area contributed by atoms with Gasteiger partial charge in [0.15, 0.2) is 0 Å². The fraction of sp³-hybridized carbons (Fsp3) is 0.500. The van der Waals surface area contributed by atoms with Crippen molar-refractivity contribution in [3.8, 4) is 0 Å². The predicted octanol–water partition coefficient (Wildman–Crippen LogP) is 1.41. The largest absolute Gasteiger partial charge is 0.370 e. The lowest BCUT2D eigenvalue weighted by Gasteiger charge is -2.09. The van der Waals surface area contributed by atoms with E-state index in [1.165, 1.54) is 0 Å². The second kappa shape index (κ2) is 7.76. The van der Waals surface area contributed by atoms with E-state index in [9.17, 15) is 4.79 Å². The van der Waals surface area contributed by atoms with Gasteiger partial charge in [0.25, 0.3) is 5.91 Å². The molecule has 0 unspecified atom stereocenters. The van der Waals surface area contributed by atoms with Crippen molar-refractivity contribution >= 4 is 17.7 Å². The van der Waals surface area contributed by atoms with Gasteiger partial charge < -0.3 is 16.0 Å². The highest BCUT2D eigenvalue weighted by Crippen LogP contribution is 2.11. The van der Waals surface area contributed by atoms with Crippen molar-refractivity contribution in [1.29, 1.82) is 0 Å². The number of aryl methyl sites for hydroxylation is 3. The van der Waals surface area contributed by atoms with E-state index in [-0.39, 0.29) is 5.91 Å². The first-order chi connectivity index (χ1) is 11.4. The molecule has 130 valence electrons. The highest BCUT2D eigenvalue weighted by molar-refractivity contribution is 5.96. The molecule has 0 spiro atoms. The third kappa shape index (κ3) is 4.21. The van der Waals surface area contributed by atoms with Gasteiger partial charge in [-0.25, -0.2) is 4.98 Å². The van der Waals surface area contributed by atoms with Gasteiger partial charge in [0, 0.05) is 44.1 Å². The van der Waals surface area contributed by atoms with Crippen LogP contribution in [0.5, 0.6) is 0 Å². The Labute approximate surface area is 142 Å². The monoisotopic (exact) mass is 331 g/mol. The smallest absolute Gasteiger partial charge is 0.255 e. The molecule has 0 bridgehead atoms. The van der Waals surface area contributed by atoms with Gasteiger partial charge >= 0.3 is 0 Å². The lowest BCUT2D eigenvalue weighted by Crippen LogP contribution is -2.29. The Kier molecular flexibility index (Phi) is 5.73. The number of aromatic nitrogens is 4. The summed E-state index contributed by atoms with van der Waals surface area (Å²) >= 11 is 0. The average Bonchev–Trinajstić information content (AvgIpc) is 2.76. The quantitative estimate of drug-likeness (QED) is 0.664. The van der Waals surface area contributed by atoms with Crippen molar-refractivity contribution in [3.05, 3.63) is 28.7 Å². The molecule has 2 aromatic heterocycles. The van der Waals surface area contributed by atoms with Gasteiger partial charge in [-0.2, -0.15) is 10.1 Å². The lowest BCUT2D eigenvalue weighted by atomic mass is 10.2. The molecular weight excluding hydrogens is 306 g/mol. The summed E-state index contributed by atoms with van der Waals surface area (Å²) in [6.07, 6.45) is 0. The summed E-state index contributed by atoms with van der Waals surface area (Å²) in [7, 11) is 1.83. The minimum atomic E-state index is -0.113. The maximum atomic E-state index is 12.3. The molecule has 0 radical (unpaired) electrons. The zero-order chi connectivity index (χ0) is 17.7. The summed E-state index contributed by atoms with van der Waals surface area (Å²) < 4.78 is 1.71. The molecule has 8 heteroatoms. The van der Waals surface area contributed by atoms with E-state index in [2.05, 4.69) is 31.0 Å². The third-order valence-corrected chi connectivity index (χ3v) is 3.64. The Hall–Kier alpha value is -2.64. The number of anilines is 2. The summed E-state index contributed by atoms with van der Waals surface area (Å²) in [6.45, 7) is 9.47. The number of carbonyl (C=O) groups excluding carboxylic acids is 1. The second-order valence-corrected chi connectivity index (χ2v) is 5.60. The van der Waals surface area contributed by atoms with Gasteiger partial charge in [-0.1, -0.05) is 0 Å². The van der Waals surface area contributed by atoms with Crippen LogP contribution < -0.4 is 16.0 Å². The highest BCUT2D eigenvalue weighted by Gasteiger charge is 2.16. The highest BCUT2D eigenvalue weighted by atomic mass is 16.1. The number of carbonyl (C=O) groups is 1. The summed E-state index contributed by atoms with van der Waals surface area (Å²) in [6, 6.07) is 1.89. The van der Waals surface area contributed by atoms with Gasteiger partial charge in [0.2, 0.25) is 5.95 Å². The van der Waals surface area contributed by atoms with Crippen molar-refractivity contribution in [1.82, 2.24) is 25.1 Å². The predicted molar refractivity (Wildman–Crippen MR) is 94.4 cm³/mol. The minimum absolute atomic E-state index is 0.113. The molecule has 0 aromatic carbocycles. The third-order valence-electron chi connectivity index (χ3n) is 3.64. The Balaban J connectivity index is 1.88. The van der Waals surface area contributed by atoms with Crippen LogP contribution in [0.3, 0.4) is 0 Å². The summed E-state index contributed by atoms with van der Waals surface area (Å²) in [5.74, 6) is 1.23. The molecule has 0 aliphatic carbocycles. The molecule has 0 fully saturated rings. The summed E-state index contributed by atoms with van der Waals surface area (Å²) in [5.41, 5.74) is 3.11. The normalized spacial score (nSPS) is 10.5.